The number of carbonyl (C=O) groups excluding carboxylic acids is 1. The SMILES string of the molecule is CCN(c1ccccc1)c1ccc(F)cc1C(C)=O. The Bertz CT molecular complexity index is 581. The van der Waals surface area contributed by atoms with Crippen LogP contribution in [-0.2, 0) is 0 Å². The lowest BCUT2D eigenvalue weighted by atomic mass is 10.1. The standard InChI is InChI=1S/C16H16FNO/c1-3-18(14-7-5-4-6-8-14)16-10-9-13(17)11-15(16)12(2)19/h4-11H,3H2,1-2H3. The molecule has 0 atom stereocenters. The van der Waals surface area contributed by atoms with Gasteiger partial charge in [0.2, 0.25) is 0 Å². The maximum absolute atomic E-state index is 13.3. The molecule has 2 aromatic carbocycles. The highest BCUT2D eigenvalue weighted by molar-refractivity contribution is 6.00. The number of ketones is 1. The van der Waals surface area contributed by atoms with E-state index >= 15 is 0 Å². The highest BCUT2D eigenvalue weighted by atomic mass is 19.1. The van der Waals surface area contributed by atoms with Gasteiger partial charge >= 0.3 is 0 Å². The molecule has 0 fully saturated rings. The highest BCUT2D eigenvalue weighted by Gasteiger charge is 2.15. The number of benzene rings is 2. The molecule has 0 radical (unpaired) electrons. The van der Waals surface area contributed by atoms with Crippen LogP contribution in [0.15, 0.2) is 48.5 Å². The molecule has 0 N–H and O–H groups in total. The molecule has 0 amide bonds. The van der Waals surface area contributed by atoms with Gasteiger partial charge in [0, 0.05) is 17.8 Å². The molecule has 2 nitrogen and oxygen atoms in total. The number of hydrogen-bond donors (Lipinski definition) is 0. The minimum absolute atomic E-state index is 0.135. The van der Waals surface area contributed by atoms with Crippen molar-refractivity contribution in [1.29, 1.82) is 0 Å². The largest absolute Gasteiger partial charge is 0.341 e. The molecule has 0 spiro atoms. The van der Waals surface area contributed by atoms with E-state index in [1.807, 2.05) is 42.2 Å². The van der Waals surface area contributed by atoms with Gasteiger partial charge in [0.1, 0.15) is 5.82 Å². The maximum Gasteiger partial charge on any atom is 0.162 e. The van der Waals surface area contributed by atoms with Crippen molar-refractivity contribution in [3.8, 4) is 0 Å². The number of carbonyl (C=O) groups is 1. The van der Waals surface area contributed by atoms with E-state index in [-0.39, 0.29) is 5.78 Å². The predicted octanol–water partition coefficient (Wildman–Crippen LogP) is 4.19. The Balaban J connectivity index is 2.53. The molecule has 0 aliphatic heterocycles. The number of nitrogens with zero attached hydrogens (tertiary/aromatic N) is 1. The molecule has 0 saturated carbocycles. The van der Waals surface area contributed by atoms with Crippen molar-refractivity contribution in [2.45, 2.75) is 13.8 Å². The van der Waals surface area contributed by atoms with Crippen LogP contribution >= 0.6 is 0 Å². The highest BCUT2D eigenvalue weighted by Crippen LogP contribution is 2.29. The van der Waals surface area contributed by atoms with Crippen LogP contribution in [0.5, 0.6) is 0 Å². The summed E-state index contributed by atoms with van der Waals surface area (Å²) in [6.45, 7) is 4.16. The van der Waals surface area contributed by atoms with Crippen molar-refractivity contribution < 1.29 is 9.18 Å². The third kappa shape index (κ3) is 2.81. The fourth-order valence-electron chi connectivity index (χ4n) is 2.13. The van der Waals surface area contributed by atoms with Gasteiger partial charge in [-0.3, -0.25) is 4.79 Å². The van der Waals surface area contributed by atoms with Crippen LogP contribution in [0.2, 0.25) is 0 Å². The monoisotopic (exact) mass is 257 g/mol. The third-order valence-electron chi connectivity index (χ3n) is 3.01. The first kappa shape index (κ1) is 13.3. The second-order valence-corrected chi connectivity index (χ2v) is 4.30. The van der Waals surface area contributed by atoms with Gasteiger partial charge in [-0.25, -0.2) is 4.39 Å². The summed E-state index contributed by atoms with van der Waals surface area (Å²) in [6, 6.07) is 14.1. The maximum atomic E-state index is 13.3. The summed E-state index contributed by atoms with van der Waals surface area (Å²) in [6.07, 6.45) is 0. The Morgan fingerprint density at radius 1 is 1.16 bits per heavy atom. The average Bonchev–Trinajstić information content (AvgIpc) is 2.42. The first-order valence-electron chi connectivity index (χ1n) is 6.26. The number of anilines is 2. The molecule has 3 heteroatoms. The van der Waals surface area contributed by atoms with Crippen molar-refractivity contribution in [1.82, 2.24) is 0 Å². The smallest absolute Gasteiger partial charge is 0.162 e. The van der Waals surface area contributed by atoms with E-state index in [9.17, 15) is 9.18 Å². The molecular formula is C16H16FNO. The normalized spacial score (nSPS) is 10.3. The Morgan fingerprint density at radius 3 is 2.42 bits per heavy atom. The molecule has 0 aliphatic rings. The quantitative estimate of drug-likeness (QED) is 0.765. The van der Waals surface area contributed by atoms with Crippen molar-refractivity contribution >= 4 is 17.2 Å². The van der Waals surface area contributed by atoms with Crippen molar-refractivity contribution in [2.75, 3.05) is 11.4 Å². The summed E-state index contributed by atoms with van der Waals surface area (Å²) in [5.41, 5.74) is 2.13. The molecular weight excluding hydrogens is 241 g/mol. The molecule has 2 aromatic rings. The predicted molar refractivity (Wildman–Crippen MR) is 75.5 cm³/mol. The second-order valence-electron chi connectivity index (χ2n) is 4.30. The Morgan fingerprint density at radius 2 is 1.84 bits per heavy atom. The lowest BCUT2D eigenvalue weighted by molar-refractivity contribution is 0.101. The van der Waals surface area contributed by atoms with E-state index in [1.165, 1.54) is 19.1 Å². The number of Topliss-reactive ketones (excluding diaryl/α,β-unsaturated/α-hetero) is 1. The topological polar surface area (TPSA) is 20.3 Å². The van der Waals surface area contributed by atoms with Gasteiger partial charge < -0.3 is 4.90 Å². The Kier molecular flexibility index (Phi) is 3.95. The minimum atomic E-state index is -0.391. The zero-order chi connectivity index (χ0) is 13.8. The molecule has 0 unspecified atom stereocenters. The fourth-order valence-corrected chi connectivity index (χ4v) is 2.13. The van der Waals surface area contributed by atoms with Crippen LogP contribution < -0.4 is 4.90 Å². The van der Waals surface area contributed by atoms with Crippen LogP contribution in [0, 0.1) is 5.82 Å². The van der Waals surface area contributed by atoms with Gasteiger partial charge in [-0.15, -0.1) is 0 Å². The summed E-state index contributed by atoms with van der Waals surface area (Å²) < 4.78 is 13.3. The summed E-state index contributed by atoms with van der Waals surface area (Å²) >= 11 is 0. The van der Waals surface area contributed by atoms with E-state index in [2.05, 4.69) is 0 Å². The van der Waals surface area contributed by atoms with E-state index in [1.54, 1.807) is 6.07 Å². The van der Waals surface area contributed by atoms with Crippen LogP contribution in [-0.4, -0.2) is 12.3 Å². The van der Waals surface area contributed by atoms with E-state index in [0.717, 1.165) is 11.4 Å². The van der Waals surface area contributed by atoms with Crippen molar-refractivity contribution in [2.24, 2.45) is 0 Å². The zero-order valence-electron chi connectivity index (χ0n) is 11.1. The minimum Gasteiger partial charge on any atom is -0.341 e. The van der Waals surface area contributed by atoms with Gasteiger partial charge in [-0.1, -0.05) is 18.2 Å². The Labute approximate surface area is 112 Å². The second kappa shape index (κ2) is 5.65. The van der Waals surface area contributed by atoms with Gasteiger partial charge in [0.05, 0.1) is 5.69 Å². The van der Waals surface area contributed by atoms with Crippen LogP contribution in [0.25, 0.3) is 0 Å². The summed E-state index contributed by atoms with van der Waals surface area (Å²) in [4.78, 5) is 13.7. The number of halogens is 1. The number of hydrogen-bond acceptors (Lipinski definition) is 2. The van der Waals surface area contributed by atoms with Gasteiger partial charge in [0.25, 0.3) is 0 Å². The number of rotatable bonds is 4. The van der Waals surface area contributed by atoms with Crippen molar-refractivity contribution in [3.05, 3.63) is 59.9 Å². The molecule has 0 bridgehead atoms. The fraction of sp³-hybridized carbons (Fsp3) is 0.188. The van der Waals surface area contributed by atoms with E-state index < -0.39 is 5.82 Å². The van der Waals surface area contributed by atoms with Gasteiger partial charge in [-0.2, -0.15) is 0 Å². The van der Waals surface area contributed by atoms with Gasteiger partial charge in [-0.05, 0) is 44.2 Å². The van der Waals surface area contributed by atoms with E-state index in [0.29, 0.717) is 12.1 Å². The lowest BCUT2D eigenvalue weighted by Crippen LogP contribution is -2.18. The summed E-state index contributed by atoms with van der Waals surface area (Å²) in [7, 11) is 0. The molecule has 0 saturated heterocycles. The van der Waals surface area contributed by atoms with Gasteiger partial charge in [0.15, 0.2) is 5.78 Å². The summed E-state index contributed by atoms with van der Waals surface area (Å²) in [5, 5.41) is 0. The first-order valence-corrected chi connectivity index (χ1v) is 6.26. The van der Waals surface area contributed by atoms with E-state index in [4.69, 9.17) is 0 Å². The first-order chi connectivity index (χ1) is 9.13. The molecule has 2 rings (SSSR count). The van der Waals surface area contributed by atoms with Crippen LogP contribution in [0.1, 0.15) is 24.2 Å². The van der Waals surface area contributed by atoms with Crippen LogP contribution in [0.3, 0.4) is 0 Å². The molecule has 98 valence electrons. The third-order valence-corrected chi connectivity index (χ3v) is 3.01. The molecule has 0 heterocycles. The van der Waals surface area contributed by atoms with Crippen LogP contribution in [0.4, 0.5) is 15.8 Å². The average molecular weight is 257 g/mol. The number of para-hydroxylation sites is 1. The lowest BCUT2D eigenvalue weighted by Gasteiger charge is -2.25. The zero-order valence-corrected chi connectivity index (χ0v) is 11.1. The van der Waals surface area contributed by atoms with Crippen molar-refractivity contribution in [3.63, 3.8) is 0 Å². The summed E-state index contributed by atoms with van der Waals surface area (Å²) in [5.74, 6) is -0.526. The Hall–Kier alpha value is -2.16. The molecule has 0 aliphatic carbocycles. The molecule has 0 aromatic heterocycles. The molecule has 19 heavy (non-hydrogen) atoms.